The standard InChI is InChI=1S/C17H18Cl2N4O3.CH2O3.Na/c1-17(2,3)26-16(25)23-6-9-11(7-23)21-15(20)22-14(9)13-10(19)4-8(18)5-12(13)24;2-1(3)4;/h4-5,24H,6-7H2,1-3H3,(H2,20,21,22);(H2,2,3,4);/q;;+1/p-1. The third kappa shape index (κ3) is 7.29. The Balaban J connectivity index is 0.000000885. The van der Waals surface area contributed by atoms with E-state index in [1.807, 2.05) is 0 Å². The summed E-state index contributed by atoms with van der Waals surface area (Å²) >= 11 is 12.2. The number of fused-ring (bicyclic) bond motifs is 1. The molecule has 0 bridgehead atoms. The predicted octanol–water partition coefficient (Wildman–Crippen LogP) is -0.119. The van der Waals surface area contributed by atoms with Crippen molar-refractivity contribution in [2.75, 3.05) is 5.73 Å². The number of aromatic nitrogens is 2. The molecule has 2 heterocycles. The molecule has 13 heteroatoms. The topological polar surface area (TPSA) is 162 Å². The number of hydrogen-bond donors (Lipinski definition) is 3. The first kappa shape index (κ1) is 27.1. The van der Waals surface area contributed by atoms with Gasteiger partial charge in [0.2, 0.25) is 12.1 Å². The van der Waals surface area contributed by atoms with Gasteiger partial charge in [0.05, 0.1) is 35.1 Å². The van der Waals surface area contributed by atoms with Gasteiger partial charge < -0.3 is 30.6 Å². The van der Waals surface area contributed by atoms with Crippen LogP contribution in [0.25, 0.3) is 11.3 Å². The van der Waals surface area contributed by atoms with E-state index in [1.54, 1.807) is 20.8 Å². The van der Waals surface area contributed by atoms with Crippen molar-refractivity contribution in [1.29, 1.82) is 0 Å². The zero-order valence-electron chi connectivity index (χ0n) is 17.3. The van der Waals surface area contributed by atoms with Gasteiger partial charge in [-0.1, -0.05) is 23.2 Å². The molecule has 0 atom stereocenters. The second-order valence-electron chi connectivity index (χ2n) is 7.24. The Bertz CT molecular complexity index is 973. The van der Waals surface area contributed by atoms with E-state index in [0.717, 1.165) is 0 Å². The number of phenolic OH excluding ortho intramolecular Hbond substituents is 1. The van der Waals surface area contributed by atoms with Gasteiger partial charge in [-0.15, -0.1) is 0 Å². The normalized spacial score (nSPS) is 12.2. The average molecular weight is 481 g/mol. The van der Waals surface area contributed by atoms with Gasteiger partial charge in [-0.05, 0) is 32.9 Å². The Labute approximate surface area is 210 Å². The molecule has 0 radical (unpaired) electrons. The van der Waals surface area contributed by atoms with Crippen LogP contribution < -0.4 is 40.4 Å². The molecule has 3 rings (SSSR count). The first-order valence-electron chi connectivity index (χ1n) is 8.50. The summed E-state index contributed by atoms with van der Waals surface area (Å²) < 4.78 is 5.41. The Kier molecular flexibility index (Phi) is 9.21. The number of nitrogens with zero attached hydrogens (tertiary/aromatic N) is 3. The maximum absolute atomic E-state index is 12.4. The smallest absolute Gasteiger partial charge is 0.565 e. The number of carbonyl (C=O) groups is 2. The Morgan fingerprint density at radius 2 is 1.81 bits per heavy atom. The van der Waals surface area contributed by atoms with Crippen LogP contribution in [0.1, 0.15) is 32.0 Å². The van der Waals surface area contributed by atoms with Crippen LogP contribution in [0.4, 0.5) is 15.5 Å². The summed E-state index contributed by atoms with van der Waals surface area (Å²) in [5, 5.41) is 26.1. The zero-order valence-corrected chi connectivity index (χ0v) is 20.8. The molecular formula is C18H19Cl2N4NaO6. The Hall–Kier alpha value is -1.98. The van der Waals surface area contributed by atoms with Crippen LogP contribution in [0.2, 0.25) is 10.0 Å². The van der Waals surface area contributed by atoms with Crippen molar-refractivity contribution in [3.8, 4) is 17.0 Å². The third-order valence-electron chi connectivity index (χ3n) is 3.72. The van der Waals surface area contributed by atoms with E-state index in [9.17, 15) is 9.90 Å². The first-order chi connectivity index (χ1) is 13.8. The summed E-state index contributed by atoms with van der Waals surface area (Å²) in [6.07, 6.45) is -2.55. The second-order valence-corrected chi connectivity index (χ2v) is 8.08. The third-order valence-corrected chi connectivity index (χ3v) is 4.24. The number of hydrogen-bond acceptors (Lipinski definition) is 8. The number of benzene rings is 1. The molecule has 1 aliphatic heterocycles. The molecule has 162 valence electrons. The van der Waals surface area contributed by atoms with E-state index in [4.69, 9.17) is 48.7 Å². The molecule has 0 unspecified atom stereocenters. The van der Waals surface area contributed by atoms with Crippen LogP contribution in [-0.2, 0) is 17.8 Å². The van der Waals surface area contributed by atoms with Crippen LogP contribution in [0, 0.1) is 0 Å². The van der Waals surface area contributed by atoms with Crippen LogP contribution in [0.15, 0.2) is 12.1 Å². The molecule has 31 heavy (non-hydrogen) atoms. The van der Waals surface area contributed by atoms with Gasteiger partial charge >= 0.3 is 35.7 Å². The van der Waals surface area contributed by atoms with Gasteiger partial charge in [-0.2, -0.15) is 0 Å². The van der Waals surface area contributed by atoms with E-state index < -0.39 is 17.8 Å². The van der Waals surface area contributed by atoms with Crippen molar-refractivity contribution >= 4 is 41.4 Å². The van der Waals surface area contributed by atoms with E-state index in [0.29, 0.717) is 27.5 Å². The minimum absolute atomic E-state index is 0. The molecule has 1 aromatic heterocycles. The molecule has 1 aliphatic rings. The van der Waals surface area contributed by atoms with E-state index >= 15 is 0 Å². The van der Waals surface area contributed by atoms with Crippen molar-refractivity contribution in [3.05, 3.63) is 33.4 Å². The first-order valence-corrected chi connectivity index (χ1v) is 9.25. The van der Waals surface area contributed by atoms with Crippen LogP contribution in [0.5, 0.6) is 5.75 Å². The number of aromatic hydroxyl groups is 1. The number of nitrogen functional groups attached to an aromatic ring is 1. The Morgan fingerprint density at radius 1 is 1.23 bits per heavy atom. The number of carboxylic acid groups (broad SMARTS) is 2. The summed E-state index contributed by atoms with van der Waals surface area (Å²) in [6, 6.07) is 2.87. The monoisotopic (exact) mass is 480 g/mol. The minimum atomic E-state index is -2.08. The second kappa shape index (κ2) is 10.6. The summed E-state index contributed by atoms with van der Waals surface area (Å²) in [7, 11) is 0. The fraction of sp³-hybridized carbons (Fsp3) is 0.333. The molecule has 10 nitrogen and oxygen atoms in total. The fourth-order valence-electron chi connectivity index (χ4n) is 2.73. The maximum atomic E-state index is 12.4. The molecule has 0 spiro atoms. The number of ether oxygens (including phenoxy) is 1. The number of anilines is 1. The molecule has 2 aromatic rings. The predicted molar refractivity (Wildman–Crippen MR) is 107 cm³/mol. The van der Waals surface area contributed by atoms with E-state index in [1.165, 1.54) is 17.0 Å². The van der Waals surface area contributed by atoms with Crippen molar-refractivity contribution in [2.24, 2.45) is 0 Å². The van der Waals surface area contributed by atoms with Gasteiger partial charge in [-0.25, -0.2) is 14.8 Å². The quantitative estimate of drug-likeness (QED) is 0.472. The molecule has 0 aliphatic carbocycles. The number of carbonyl (C=O) groups excluding carboxylic acids is 1. The van der Waals surface area contributed by atoms with Crippen LogP contribution >= 0.6 is 23.2 Å². The number of amides is 1. The van der Waals surface area contributed by atoms with Gasteiger partial charge in [0, 0.05) is 10.6 Å². The number of halogens is 2. The van der Waals surface area contributed by atoms with Crippen molar-refractivity contribution in [2.45, 2.75) is 39.5 Å². The molecule has 0 fully saturated rings. The average Bonchev–Trinajstić information content (AvgIpc) is 2.95. The zero-order chi connectivity index (χ0) is 22.8. The molecule has 1 amide bonds. The molecular weight excluding hydrogens is 462 g/mol. The van der Waals surface area contributed by atoms with Gasteiger partial charge in [-0.3, -0.25) is 4.90 Å². The van der Waals surface area contributed by atoms with Gasteiger partial charge in [0.25, 0.3) is 0 Å². The number of phenols is 1. The minimum Gasteiger partial charge on any atom is -0.565 e. The maximum Gasteiger partial charge on any atom is 1.00 e. The molecule has 4 N–H and O–H groups in total. The van der Waals surface area contributed by atoms with Crippen molar-refractivity contribution < 1.29 is 59.2 Å². The molecule has 0 saturated heterocycles. The van der Waals surface area contributed by atoms with Gasteiger partial charge in [0.15, 0.2) is 0 Å². The van der Waals surface area contributed by atoms with Gasteiger partial charge in [0.1, 0.15) is 11.4 Å². The molecule has 0 saturated carbocycles. The summed E-state index contributed by atoms with van der Waals surface area (Å²) in [5.41, 5.74) is 7.12. The SMILES string of the molecule is CC(C)(C)OC(=O)N1Cc2nc(N)nc(-c3c(O)cc(Cl)cc3Cl)c2C1.O=C([O-])O.[Na+]. The van der Waals surface area contributed by atoms with Crippen molar-refractivity contribution in [1.82, 2.24) is 14.9 Å². The van der Waals surface area contributed by atoms with Crippen molar-refractivity contribution in [3.63, 3.8) is 0 Å². The number of nitrogens with two attached hydrogens (primary N) is 1. The Morgan fingerprint density at radius 3 is 2.32 bits per heavy atom. The molecule has 1 aromatic carbocycles. The van der Waals surface area contributed by atoms with Crippen LogP contribution in [-0.4, -0.2) is 42.9 Å². The van der Waals surface area contributed by atoms with E-state index in [-0.39, 0.29) is 59.4 Å². The summed E-state index contributed by atoms with van der Waals surface area (Å²) in [5.74, 6) is -0.103. The van der Waals surface area contributed by atoms with E-state index in [2.05, 4.69) is 9.97 Å². The summed E-state index contributed by atoms with van der Waals surface area (Å²) in [6.45, 7) is 5.84. The van der Waals surface area contributed by atoms with Crippen LogP contribution in [0.3, 0.4) is 0 Å². The number of rotatable bonds is 1. The fourth-order valence-corrected chi connectivity index (χ4v) is 3.30. The largest absolute Gasteiger partial charge is 1.00 e. The summed E-state index contributed by atoms with van der Waals surface area (Å²) in [4.78, 5) is 30.8.